The van der Waals surface area contributed by atoms with Crippen LogP contribution in [0.15, 0.2) is 0 Å². The molecule has 0 aromatic heterocycles. The molecule has 0 rings (SSSR count). The average Bonchev–Trinajstić information content (AvgIpc) is 3.03. The minimum Gasteiger partial charge on any atom is -0.379 e. The first kappa shape index (κ1) is 45.8. The van der Waals surface area contributed by atoms with Gasteiger partial charge in [0.1, 0.15) is 12.5 Å². The fourth-order valence-electron chi connectivity index (χ4n) is 7.05. The van der Waals surface area contributed by atoms with E-state index in [1.54, 1.807) is 18.7 Å². The highest BCUT2D eigenvalue weighted by molar-refractivity contribution is 4.66. The van der Waals surface area contributed by atoms with Crippen molar-refractivity contribution in [2.75, 3.05) is 26.2 Å². The van der Waals surface area contributed by atoms with Crippen LogP contribution in [0.5, 0.6) is 0 Å². The van der Waals surface area contributed by atoms with Crippen LogP contribution in [0.25, 0.3) is 0 Å². The van der Waals surface area contributed by atoms with Crippen molar-refractivity contribution < 1.29 is 10.2 Å². The molecule has 0 aromatic carbocycles. The third-order valence-corrected chi connectivity index (χ3v) is 10.3. The van der Waals surface area contributed by atoms with Crippen molar-refractivity contribution in [2.24, 2.45) is 0 Å². The highest BCUT2D eigenvalue weighted by Gasteiger charge is 2.17. The summed E-state index contributed by atoms with van der Waals surface area (Å²) in [5.74, 6) is 0. The second-order valence-electron chi connectivity index (χ2n) is 14.9. The topological polar surface area (TPSA) is 46.9 Å². The maximum Gasteiger partial charge on any atom is 0.106 e. The molecular formula is C42H88N2O2. The van der Waals surface area contributed by atoms with E-state index in [1.165, 1.54) is 205 Å². The minimum absolute atomic E-state index is 0.604. The van der Waals surface area contributed by atoms with E-state index < -0.39 is 12.5 Å². The summed E-state index contributed by atoms with van der Waals surface area (Å²) < 4.78 is 0. The van der Waals surface area contributed by atoms with Gasteiger partial charge in [0.05, 0.1) is 0 Å². The largest absolute Gasteiger partial charge is 0.379 e. The second-order valence-corrected chi connectivity index (χ2v) is 14.9. The highest BCUT2D eigenvalue weighted by atomic mass is 16.3. The van der Waals surface area contributed by atoms with Gasteiger partial charge in [-0.2, -0.15) is 0 Å². The standard InChI is InChI=1S/C42H88N2O2/c1-5-7-9-11-13-15-17-19-21-23-25-27-29-31-33-35-37-43(39-40-44(41(3)45)42(4)46)38-36-34-32-30-28-26-24-22-20-18-16-14-12-10-8-6-2/h41-42,45-46H,5-40H2,1-4H3. The molecular weight excluding hydrogens is 564 g/mol. The lowest BCUT2D eigenvalue weighted by molar-refractivity contribution is -0.0868. The molecule has 0 aromatic rings. The van der Waals surface area contributed by atoms with E-state index >= 15 is 0 Å². The molecule has 0 amide bonds. The van der Waals surface area contributed by atoms with E-state index in [1.807, 2.05) is 0 Å². The number of nitrogens with zero attached hydrogens (tertiary/aromatic N) is 2. The van der Waals surface area contributed by atoms with Crippen LogP contribution in [0.2, 0.25) is 0 Å². The summed E-state index contributed by atoms with van der Waals surface area (Å²) in [5, 5.41) is 20.2. The smallest absolute Gasteiger partial charge is 0.106 e. The Hall–Kier alpha value is -0.160. The Bertz CT molecular complexity index is 512. The van der Waals surface area contributed by atoms with Gasteiger partial charge in [-0.15, -0.1) is 0 Å². The molecule has 4 nitrogen and oxygen atoms in total. The van der Waals surface area contributed by atoms with Gasteiger partial charge in [-0.1, -0.05) is 206 Å². The Labute approximate surface area is 291 Å². The molecule has 0 fully saturated rings. The lowest BCUT2D eigenvalue weighted by atomic mass is 10.0. The van der Waals surface area contributed by atoms with Gasteiger partial charge in [-0.3, -0.25) is 4.90 Å². The molecule has 0 bridgehead atoms. The maximum atomic E-state index is 10.1. The van der Waals surface area contributed by atoms with Gasteiger partial charge < -0.3 is 15.1 Å². The molecule has 2 atom stereocenters. The van der Waals surface area contributed by atoms with Crippen LogP contribution in [0, 0.1) is 0 Å². The molecule has 0 aliphatic rings. The molecule has 0 heterocycles. The Kier molecular flexibility index (Phi) is 37.5. The second kappa shape index (κ2) is 37.7. The van der Waals surface area contributed by atoms with Crippen molar-refractivity contribution in [3.63, 3.8) is 0 Å². The van der Waals surface area contributed by atoms with Gasteiger partial charge in [0, 0.05) is 13.1 Å². The highest BCUT2D eigenvalue weighted by Crippen LogP contribution is 2.16. The van der Waals surface area contributed by atoms with Gasteiger partial charge in [0.15, 0.2) is 0 Å². The zero-order valence-electron chi connectivity index (χ0n) is 32.4. The molecule has 0 radical (unpaired) electrons. The summed E-state index contributed by atoms with van der Waals surface area (Å²) in [5.41, 5.74) is 0. The molecule has 0 saturated heterocycles. The molecule has 2 N–H and O–H groups in total. The van der Waals surface area contributed by atoms with E-state index in [4.69, 9.17) is 0 Å². The number of unbranched alkanes of at least 4 members (excludes halogenated alkanes) is 30. The monoisotopic (exact) mass is 653 g/mol. The number of hydrogen-bond acceptors (Lipinski definition) is 4. The third-order valence-electron chi connectivity index (χ3n) is 10.3. The zero-order valence-corrected chi connectivity index (χ0v) is 32.4. The number of hydrogen-bond donors (Lipinski definition) is 2. The average molecular weight is 653 g/mol. The van der Waals surface area contributed by atoms with Crippen LogP contribution in [0.1, 0.15) is 233 Å². The van der Waals surface area contributed by atoms with E-state index in [0.717, 1.165) is 26.2 Å². The first-order valence-corrected chi connectivity index (χ1v) is 21.4. The van der Waals surface area contributed by atoms with Crippen molar-refractivity contribution in [2.45, 2.75) is 246 Å². The molecule has 46 heavy (non-hydrogen) atoms. The normalized spacial score (nSPS) is 13.3. The maximum absolute atomic E-state index is 10.1. The molecule has 0 aliphatic carbocycles. The Balaban J connectivity index is 3.90. The van der Waals surface area contributed by atoms with E-state index in [-0.39, 0.29) is 0 Å². The molecule has 278 valence electrons. The third kappa shape index (κ3) is 33.7. The zero-order chi connectivity index (χ0) is 33.8. The van der Waals surface area contributed by atoms with E-state index in [2.05, 4.69) is 18.7 Å². The summed E-state index contributed by atoms with van der Waals surface area (Å²) in [6.07, 6.45) is 44.0. The fraction of sp³-hybridized carbons (Fsp3) is 1.00. The van der Waals surface area contributed by atoms with Crippen LogP contribution >= 0.6 is 0 Å². The molecule has 0 saturated carbocycles. The Morgan fingerprint density at radius 1 is 0.304 bits per heavy atom. The van der Waals surface area contributed by atoms with Crippen LogP contribution in [-0.4, -0.2) is 58.6 Å². The molecule has 0 spiro atoms. The van der Waals surface area contributed by atoms with Gasteiger partial charge in [0.2, 0.25) is 0 Å². The van der Waals surface area contributed by atoms with Gasteiger partial charge in [-0.25, -0.2) is 0 Å². The predicted octanol–water partition coefficient (Wildman–Crippen LogP) is 12.8. The van der Waals surface area contributed by atoms with Gasteiger partial charge in [-0.05, 0) is 39.8 Å². The predicted molar refractivity (Wildman–Crippen MR) is 206 cm³/mol. The Morgan fingerprint density at radius 2 is 0.522 bits per heavy atom. The summed E-state index contributed by atoms with van der Waals surface area (Å²) in [6, 6.07) is 0. The lowest BCUT2D eigenvalue weighted by Crippen LogP contribution is -2.45. The molecule has 0 aliphatic heterocycles. The number of aliphatic hydroxyl groups is 2. The van der Waals surface area contributed by atoms with Crippen molar-refractivity contribution in [3.05, 3.63) is 0 Å². The van der Waals surface area contributed by atoms with Crippen molar-refractivity contribution in [1.29, 1.82) is 0 Å². The van der Waals surface area contributed by atoms with Crippen LogP contribution < -0.4 is 0 Å². The fourth-order valence-corrected chi connectivity index (χ4v) is 7.05. The SMILES string of the molecule is CCCCCCCCCCCCCCCCCCN(CCCCCCCCCCCCCCCCCC)CCN(C(C)O)C(C)O. The van der Waals surface area contributed by atoms with Crippen molar-refractivity contribution >= 4 is 0 Å². The van der Waals surface area contributed by atoms with Gasteiger partial charge >= 0.3 is 0 Å². The van der Waals surface area contributed by atoms with Crippen LogP contribution in [-0.2, 0) is 0 Å². The quantitative estimate of drug-likeness (QED) is 0.0512. The number of aliphatic hydroxyl groups excluding tert-OH is 2. The van der Waals surface area contributed by atoms with Crippen molar-refractivity contribution in [3.8, 4) is 0 Å². The van der Waals surface area contributed by atoms with Crippen LogP contribution in [0.4, 0.5) is 0 Å². The summed E-state index contributed by atoms with van der Waals surface area (Å²) >= 11 is 0. The lowest BCUT2D eigenvalue weighted by Gasteiger charge is -2.31. The van der Waals surface area contributed by atoms with E-state index in [0.29, 0.717) is 0 Å². The summed E-state index contributed by atoms with van der Waals surface area (Å²) in [7, 11) is 0. The Morgan fingerprint density at radius 3 is 0.739 bits per heavy atom. The van der Waals surface area contributed by atoms with Crippen LogP contribution in [0.3, 0.4) is 0 Å². The minimum atomic E-state index is -0.604. The number of rotatable bonds is 39. The molecule has 2 unspecified atom stereocenters. The summed E-state index contributed by atoms with van der Waals surface area (Å²) in [4.78, 5) is 4.40. The molecule has 4 heteroatoms. The van der Waals surface area contributed by atoms with Gasteiger partial charge in [0.25, 0.3) is 0 Å². The first-order valence-electron chi connectivity index (χ1n) is 21.4. The van der Waals surface area contributed by atoms with Crippen molar-refractivity contribution in [1.82, 2.24) is 9.80 Å². The first-order chi connectivity index (χ1) is 22.5. The van der Waals surface area contributed by atoms with E-state index in [9.17, 15) is 10.2 Å². The summed E-state index contributed by atoms with van der Waals surface area (Å²) in [6.45, 7) is 12.1.